The van der Waals surface area contributed by atoms with Crippen molar-refractivity contribution in [3.8, 4) is 0 Å². The molecule has 2 atom stereocenters. The van der Waals surface area contributed by atoms with Crippen LogP contribution in [-0.2, 0) is 5.41 Å². The standard InChI is InChI=1S/C17H27N/c1-5-18-16-10-11-17(4,12-16)15-8-6-14(7-9-15)13(2)3/h6-9,13,16,18H,5,10-12H2,1-4H3. The highest BCUT2D eigenvalue weighted by atomic mass is 14.9. The molecule has 1 aliphatic carbocycles. The molecule has 1 aromatic rings. The van der Waals surface area contributed by atoms with Crippen molar-refractivity contribution >= 4 is 0 Å². The third kappa shape index (κ3) is 2.77. The molecule has 2 rings (SSSR count). The number of nitrogens with one attached hydrogen (secondary N) is 1. The van der Waals surface area contributed by atoms with Gasteiger partial charge in [0.2, 0.25) is 0 Å². The third-order valence-corrected chi connectivity index (χ3v) is 4.51. The van der Waals surface area contributed by atoms with E-state index < -0.39 is 0 Å². The van der Waals surface area contributed by atoms with Gasteiger partial charge in [-0.1, -0.05) is 52.0 Å². The van der Waals surface area contributed by atoms with Crippen molar-refractivity contribution in [1.82, 2.24) is 5.32 Å². The third-order valence-electron chi connectivity index (χ3n) is 4.51. The van der Waals surface area contributed by atoms with Crippen LogP contribution in [0.1, 0.15) is 64.0 Å². The Kier molecular flexibility index (Phi) is 4.11. The van der Waals surface area contributed by atoms with Crippen LogP contribution in [0.4, 0.5) is 0 Å². The fourth-order valence-electron chi connectivity index (χ4n) is 3.24. The maximum Gasteiger partial charge on any atom is 0.00756 e. The summed E-state index contributed by atoms with van der Waals surface area (Å²) in [6, 6.07) is 10.0. The van der Waals surface area contributed by atoms with Crippen molar-refractivity contribution in [3.63, 3.8) is 0 Å². The van der Waals surface area contributed by atoms with Crippen LogP contribution in [-0.4, -0.2) is 12.6 Å². The fourth-order valence-corrected chi connectivity index (χ4v) is 3.24. The summed E-state index contributed by atoms with van der Waals surface area (Å²) in [5.41, 5.74) is 3.35. The second kappa shape index (κ2) is 5.44. The van der Waals surface area contributed by atoms with Crippen molar-refractivity contribution in [2.75, 3.05) is 6.54 Å². The van der Waals surface area contributed by atoms with Crippen LogP contribution in [0.15, 0.2) is 24.3 Å². The summed E-state index contributed by atoms with van der Waals surface area (Å²) in [5.74, 6) is 0.630. The molecule has 0 heterocycles. The molecule has 100 valence electrons. The number of rotatable bonds is 4. The predicted molar refractivity (Wildman–Crippen MR) is 79.2 cm³/mol. The van der Waals surface area contributed by atoms with Crippen LogP contribution < -0.4 is 5.32 Å². The van der Waals surface area contributed by atoms with Gasteiger partial charge in [-0.2, -0.15) is 0 Å². The average Bonchev–Trinajstić information content (AvgIpc) is 2.73. The summed E-state index contributed by atoms with van der Waals surface area (Å²) in [6.45, 7) is 10.2. The molecular weight excluding hydrogens is 218 g/mol. The summed E-state index contributed by atoms with van der Waals surface area (Å²) in [7, 11) is 0. The Morgan fingerprint density at radius 3 is 2.50 bits per heavy atom. The molecule has 0 saturated heterocycles. The summed E-state index contributed by atoms with van der Waals surface area (Å²) >= 11 is 0. The first-order valence-corrected chi connectivity index (χ1v) is 7.39. The van der Waals surface area contributed by atoms with E-state index in [0.29, 0.717) is 17.4 Å². The zero-order chi connectivity index (χ0) is 13.2. The smallest absolute Gasteiger partial charge is 0.00756 e. The molecule has 1 fully saturated rings. The van der Waals surface area contributed by atoms with Crippen molar-refractivity contribution in [3.05, 3.63) is 35.4 Å². The maximum absolute atomic E-state index is 3.60. The monoisotopic (exact) mass is 245 g/mol. The SMILES string of the molecule is CCNC1CCC(C)(c2ccc(C(C)C)cc2)C1. The molecule has 1 aromatic carbocycles. The van der Waals surface area contributed by atoms with Gasteiger partial charge in [-0.3, -0.25) is 0 Å². The number of benzene rings is 1. The van der Waals surface area contributed by atoms with Gasteiger partial charge in [-0.25, -0.2) is 0 Å². The van der Waals surface area contributed by atoms with E-state index >= 15 is 0 Å². The first-order chi connectivity index (χ1) is 8.55. The minimum absolute atomic E-state index is 0.377. The van der Waals surface area contributed by atoms with Crippen LogP contribution >= 0.6 is 0 Å². The van der Waals surface area contributed by atoms with E-state index in [1.54, 1.807) is 0 Å². The summed E-state index contributed by atoms with van der Waals surface area (Å²) in [4.78, 5) is 0. The Balaban J connectivity index is 2.11. The molecule has 1 nitrogen and oxygen atoms in total. The van der Waals surface area contributed by atoms with E-state index in [1.165, 1.54) is 30.4 Å². The first-order valence-electron chi connectivity index (χ1n) is 7.39. The number of hydrogen-bond donors (Lipinski definition) is 1. The largest absolute Gasteiger partial charge is 0.314 e. The zero-order valence-electron chi connectivity index (χ0n) is 12.3. The zero-order valence-corrected chi connectivity index (χ0v) is 12.3. The quantitative estimate of drug-likeness (QED) is 0.837. The lowest BCUT2D eigenvalue weighted by Crippen LogP contribution is -2.28. The van der Waals surface area contributed by atoms with Gasteiger partial charge in [0.15, 0.2) is 0 Å². The molecule has 0 amide bonds. The van der Waals surface area contributed by atoms with E-state index in [4.69, 9.17) is 0 Å². The van der Waals surface area contributed by atoms with Crippen molar-refractivity contribution in [1.29, 1.82) is 0 Å². The van der Waals surface area contributed by atoms with Crippen molar-refractivity contribution in [2.45, 2.75) is 64.3 Å². The van der Waals surface area contributed by atoms with Crippen LogP contribution in [0.2, 0.25) is 0 Å². The Morgan fingerprint density at radius 2 is 1.94 bits per heavy atom. The molecule has 0 aromatic heterocycles. The van der Waals surface area contributed by atoms with Crippen molar-refractivity contribution < 1.29 is 0 Å². The van der Waals surface area contributed by atoms with E-state index in [-0.39, 0.29) is 0 Å². The normalized spacial score (nSPS) is 27.9. The Hall–Kier alpha value is -0.820. The molecular formula is C17H27N. The minimum Gasteiger partial charge on any atom is -0.314 e. The molecule has 0 bridgehead atoms. The summed E-state index contributed by atoms with van der Waals surface area (Å²) in [6.07, 6.45) is 3.91. The van der Waals surface area contributed by atoms with E-state index in [1.807, 2.05) is 0 Å². The summed E-state index contributed by atoms with van der Waals surface area (Å²) < 4.78 is 0. The number of hydrogen-bond acceptors (Lipinski definition) is 1. The van der Waals surface area contributed by atoms with Gasteiger partial charge in [0, 0.05) is 6.04 Å². The predicted octanol–water partition coefficient (Wildman–Crippen LogP) is 4.23. The molecule has 0 radical (unpaired) electrons. The van der Waals surface area contributed by atoms with Crippen LogP contribution in [0.25, 0.3) is 0 Å². The lowest BCUT2D eigenvalue weighted by Gasteiger charge is -2.25. The maximum atomic E-state index is 3.60. The fraction of sp³-hybridized carbons (Fsp3) is 0.647. The molecule has 1 heteroatoms. The van der Waals surface area contributed by atoms with Crippen LogP contribution in [0.3, 0.4) is 0 Å². The molecule has 18 heavy (non-hydrogen) atoms. The van der Waals surface area contributed by atoms with Gasteiger partial charge in [0.25, 0.3) is 0 Å². The topological polar surface area (TPSA) is 12.0 Å². The second-order valence-electron chi connectivity index (χ2n) is 6.33. The molecule has 2 unspecified atom stereocenters. The van der Waals surface area contributed by atoms with Gasteiger partial charge in [-0.15, -0.1) is 0 Å². The second-order valence-corrected chi connectivity index (χ2v) is 6.33. The molecule has 1 N–H and O–H groups in total. The van der Waals surface area contributed by atoms with Gasteiger partial charge < -0.3 is 5.32 Å². The van der Waals surface area contributed by atoms with E-state index in [9.17, 15) is 0 Å². The highest BCUT2D eigenvalue weighted by Crippen LogP contribution is 2.41. The van der Waals surface area contributed by atoms with Gasteiger partial charge >= 0.3 is 0 Å². The van der Waals surface area contributed by atoms with E-state index in [2.05, 4.69) is 57.3 Å². The Labute approximate surface area is 112 Å². The van der Waals surface area contributed by atoms with E-state index in [0.717, 1.165) is 6.54 Å². The van der Waals surface area contributed by atoms with Gasteiger partial charge in [-0.05, 0) is 48.3 Å². The molecule has 1 aliphatic rings. The van der Waals surface area contributed by atoms with Crippen LogP contribution in [0, 0.1) is 0 Å². The lowest BCUT2D eigenvalue weighted by molar-refractivity contribution is 0.457. The molecule has 0 spiro atoms. The minimum atomic E-state index is 0.377. The lowest BCUT2D eigenvalue weighted by atomic mass is 9.80. The highest BCUT2D eigenvalue weighted by molar-refractivity contribution is 5.31. The Bertz CT molecular complexity index is 379. The Morgan fingerprint density at radius 1 is 1.28 bits per heavy atom. The summed E-state index contributed by atoms with van der Waals surface area (Å²) in [5, 5.41) is 3.60. The molecule has 0 aliphatic heterocycles. The highest BCUT2D eigenvalue weighted by Gasteiger charge is 2.35. The average molecular weight is 245 g/mol. The van der Waals surface area contributed by atoms with Gasteiger partial charge in [0.1, 0.15) is 0 Å². The van der Waals surface area contributed by atoms with Gasteiger partial charge in [0.05, 0.1) is 0 Å². The molecule has 1 saturated carbocycles. The van der Waals surface area contributed by atoms with Crippen molar-refractivity contribution in [2.24, 2.45) is 0 Å². The van der Waals surface area contributed by atoms with Crippen LogP contribution in [0.5, 0.6) is 0 Å². The first kappa shape index (κ1) is 13.6.